The molecule has 16 heavy (non-hydrogen) atoms. The molecule has 4 nitrogen and oxygen atoms in total. The summed E-state index contributed by atoms with van der Waals surface area (Å²) in [6.45, 7) is 7.56. The number of urea groups is 1. The van der Waals surface area contributed by atoms with Gasteiger partial charge in [0.05, 0.1) is 0 Å². The Labute approximate surface area is 102 Å². The quantitative estimate of drug-likeness (QED) is 0.734. The predicted molar refractivity (Wildman–Crippen MR) is 65.6 cm³/mol. The standard InChI is InChI=1S/C11H21ClN2O2/c1-5-11(6-2,7-3)14-10(16)13-9(15)8(4)12/h8H,5-7H2,1-4H3,(H2,13,14,15,16). The number of carbonyl (C=O) groups excluding carboxylic acids is 2. The number of halogens is 1. The molecule has 5 heteroatoms. The fraction of sp³-hybridized carbons (Fsp3) is 0.818. The van der Waals surface area contributed by atoms with Crippen molar-refractivity contribution in [2.24, 2.45) is 0 Å². The molecular formula is C11H21ClN2O2. The van der Waals surface area contributed by atoms with Gasteiger partial charge in [-0.1, -0.05) is 20.8 Å². The van der Waals surface area contributed by atoms with Crippen LogP contribution in [-0.2, 0) is 4.79 Å². The summed E-state index contributed by atoms with van der Waals surface area (Å²) in [5, 5.41) is 4.35. The van der Waals surface area contributed by atoms with Crippen molar-refractivity contribution in [3.05, 3.63) is 0 Å². The Hall–Kier alpha value is -0.770. The molecule has 94 valence electrons. The van der Waals surface area contributed by atoms with Gasteiger partial charge in [-0.2, -0.15) is 0 Å². The lowest BCUT2D eigenvalue weighted by atomic mass is 9.90. The van der Waals surface area contributed by atoms with Gasteiger partial charge in [-0.25, -0.2) is 4.79 Å². The van der Waals surface area contributed by atoms with E-state index in [1.807, 2.05) is 20.8 Å². The van der Waals surface area contributed by atoms with E-state index in [0.717, 1.165) is 19.3 Å². The maximum absolute atomic E-state index is 11.5. The lowest BCUT2D eigenvalue weighted by Gasteiger charge is -2.31. The van der Waals surface area contributed by atoms with Crippen LogP contribution in [0.2, 0.25) is 0 Å². The molecule has 0 aromatic heterocycles. The van der Waals surface area contributed by atoms with E-state index in [4.69, 9.17) is 11.6 Å². The van der Waals surface area contributed by atoms with Crippen LogP contribution in [0, 0.1) is 0 Å². The zero-order valence-electron chi connectivity index (χ0n) is 10.4. The minimum Gasteiger partial charge on any atom is -0.332 e. The molecular weight excluding hydrogens is 228 g/mol. The van der Waals surface area contributed by atoms with Crippen molar-refractivity contribution >= 4 is 23.5 Å². The largest absolute Gasteiger partial charge is 0.332 e. The molecule has 0 spiro atoms. The van der Waals surface area contributed by atoms with Crippen molar-refractivity contribution in [1.82, 2.24) is 10.6 Å². The number of nitrogens with one attached hydrogen (secondary N) is 2. The minimum atomic E-state index is -0.704. The summed E-state index contributed by atoms with van der Waals surface area (Å²) in [5.41, 5.74) is -0.236. The zero-order chi connectivity index (χ0) is 12.8. The molecule has 0 fully saturated rings. The van der Waals surface area contributed by atoms with Gasteiger partial charge in [0.2, 0.25) is 5.91 Å². The monoisotopic (exact) mass is 248 g/mol. The van der Waals surface area contributed by atoms with Gasteiger partial charge in [0.1, 0.15) is 5.38 Å². The average molecular weight is 249 g/mol. The highest BCUT2D eigenvalue weighted by Gasteiger charge is 2.26. The second-order valence-corrected chi connectivity index (χ2v) is 4.56. The van der Waals surface area contributed by atoms with Crippen molar-refractivity contribution in [2.45, 2.75) is 57.9 Å². The predicted octanol–water partition coefficient (Wildman–Crippen LogP) is 2.41. The van der Waals surface area contributed by atoms with E-state index in [9.17, 15) is 9.59 Å². The molecule has 0 bridgehead atoms. The molecule has 0 heterocycles. The molecule has 0 rings (SSSR count). The number of amides is 3. The summed E-state index contributed by atoms with van der Waals surface area (Å²) in [6, 6.07) is -0.469. The highest BCUT2D eigenvalue weighted by Crippen LogP contribution is 2.18. The maximum atomic E-state index is 11.5. The summed E-state index contributed by atoms with van der Waals surface area (Å²) < 4.78 is 0. The lowest BCUT2D eigenvalue weighted by Crippen LogP contribution is -2.53. The zero-order valence-corrected chi connectivity index (χ0v) is 11.1. The molecule has 0 aromatic carbocycles. The molecule has 0 aliphatic carbocycles. The first-order valence-electron chi connectivity index (χ1n) is 5.67. The van der Waals surface area contributed by atoms with E-state index >= 15 is 0 Å². The number of carbonyl (C=O) groups is 2. The Morgan fingerprint density at radius 1 is 1.19 bits per heavy atom. The first kappa shape index (κ1) is 15.2. The Morgan fingerprint density at radius 2 is 1.62 bits per heavy atom. The van der Waals surface area contributed by atoms with Gasteiger partial charge in [-0.05, 0) is 26.2 Å². The number of alkyl halides is 1. The summed E-state index contributed by atoms with van der Waals surface area (Å²) >= 11 is 5.55. The molecule has 0 aliphatic heterocycles. The van der Waals surface area contributed by atoms with Gasteiger partial charge in [-0.3, -0.25) is 10.1 Å². The van der Waals surface area contributed by atoms with Crippen LogP contribution in [0.25, 0.3) is 0 Å². The highest BCUT2D eigenvalue weighted by molar-refractivity contribution is 6.31. The Morgan fingerprint density at radius 3 is 1.94 bits per heavy atom. The Balaban J connectivity index is 4.37. The number of imide groups is 1. The van der Waals surface area contributed by atoms with Crippen LogP contribution < -0.4 is 10.6 Å². The van der Waals surface area contributed by atoms with Gasteiger partial charge >= 0.3 is 6.03 Å². The third-order valence-electron chi connectivity index (χ3n) is 3.01. The van der Waals surface area contributed by atoms with E-state index in [-0.39, 0.29) is 5.54 Å². The molecule has 0 saturated heterocycles. The second-order valence-electron chi connectivity index (χ2n) is 3.90. The van der Waals surface area contributed by atoms with Crippen LogP contribution in [0.5, 0.6) is 0 Å². The number of rotatable bonds is 5. The fourth-order valence-corrected chi connectivity index (χ4v) is 1.55. The third-order valence-corrected chi connectivity index (χ3v) is 3.21. The highest BCUT2D eigenvalue weighted by atomic mass is 35.5. The third kappa shape index (κ3) is 4.39. The van der Waals surface area contributed by atoms with Crippen LogP contribution in [0.3, 0.4) is 0 Å². The van der Waals surface area contributed by atoms with Crippen LogP contribution in [0.4, 0.5) is 4.79 Å². The van der Waals surface area contributed by atoms with Crippen molar-refractivity contribution in [3.8, 4) is 0 Å². The first-order chi connectivity index (χ1) is 7.40. The summed E-state index contributed by atoms with van der Waals surface area (Å²) in [4.78, 5) is 22.7. The second kappa shape index (κ2) is 6.74. The fourth-order valence-electron chi connectivity index (χ4n) is 1.50. The van der Waals surface area contributed by atoms with Gasteiger partial charge in [-0.15, -0.1) is 11.6 Å². The SMILES string of the molecule is CCC(CC)(CC)NC(=O)NC(=O)C(C)Cl. The van der Waals surface area contributed by atoms with E-state index in [2.05, 4.69) is 10.6 Å². The van der Waals surface area contributed by atoms with E-state index in [1.54, 1.807) is 0 Å². The molecule has 0 aliphatic rings. The molecule has 0 saturated carbocycles. The van der Waals surface area contributed by atoms with Gasteiger partial charge in [0.25, 0.3) is 0 Å². The molecule has 0 aromatic rings. The van der Waals surface area contributed by atoms with Crippen LogP contribution >= 0.6 is 11.6 Å². The van der Waals surface area contributed by atoms with Gasteiger partial charge < -0.3 is 5.32 Å². The van der Waals surface area contributed by atoms with Gasteiger partial charge in [0.15, 0.2) is 0 Å². The minimum absolute atomic E-state index is 0.236. The molecule has 3 amide bonds. The summed E-state index contributed by atoms with van der Waals surface area (Å²) in [5.74, 6) is -0.476. The van der Waals surface area contributed by atoms with Crippen LogP contribution in [0.15, 0.2) is 0 Å². The van der Waals surface area contributed by atoms with E-state index in [0.29, 0.717) is 0 Å². The molecule has 0 radical (unpaired) electrons. The average Bonchev–Trinajstić information content (AvgIpc) is 2.26. The number of hydrogen-bond donors (Lipinski definition) is 2. The smallest absolute Gasteiger partial charge is 0.321 e. The molecule has 1 unspecified atom stereocenters. The van der Waals surface area contributed by atoms with Crippen LogP contribution in [0.1, 0.15) is 47.0 Å². The Kier molecular flexibility index (Phi) is 6.41. The van der Waals surface area contributed by atoms with Crippen molar-refractivity contribution in [1.29, 1.82) is 0 Å². The summed E-state index contributed by atoms with van der Waals surface area (Å²) in [6.07, 6.45) is 2.49. The maximum Gasteiger partial charge on any atom is 0.321 e. The van der Waals surface area contributed by atoms with Crippen molar-refractivity contribution in [2.75, 3.05) is 0 Å². The molecule has 1 atom stereocenters. The normalized spacial score (nSPS) is 13.1. The van der Waals surface area contributed by atoms with E-state index < -0.39 is 17.3 Å². The number of hydrogen-bond acceptors (Lipinski definition) is 2. The Bertz CT molecular complexity index is 242. The summed E-state index contributed by atoms with van der Waals surface area (Å²) in [7, 11) is 0. The topological polar surface area (TPSA) is 58.2 Å². The van der Waals surface area contributed by atoms with Gasteiger partial charge in [0, 0.05) is 5.54 Å². The van der Waals surface area contributed by atoms with Crippen molar-refractivity contribution < 1.29 is 9.59 Å². The lowest BCUT2D eigenvalue weighted by molar-refractivity contribution is -0.119. The van der Waals surface area contributed by atoms with Crippen LogP contribution in [-0.4, -0.2) is 22.9 Å². The molecule has 2 N–H and O–H groups in total. The van der Waals surface area contributed by atoms with Crippen molar-refractivity contribution in [3.63, 3.8) is 0 Å². The first-order valence-corrected chi connectivity index (χ1v) is 6.11. The van der Waals surface area contributed by atoms with E-state index in [1.165, 1.54) is 6.92 Å².